The summed E-state index contributed by atoms with van der Waals surface area (Å²) < 4.78 is 5.61. The Morgan fingerprint density at radius 3 is 2.30 bits per heavy atom. The van der Waals surface area contributed by atoms with Crippen molar-refractivity contribution in [3.05, 3.63) is 59.7 Å². The fourth-order valence-electron chi connectivity index (χ4n) is 4.76. The van der Waals surface area contributed by atoms with Crippen molar-refractivity contribution >= 4 is 18.0 Å². The van der Waals surface area contributed by atoms with Crippen molar-refractivity contribution in [1.82, 2.24) is 10.8 Å². The van der Waals surface area contributed by atoms with Gasteiger partial charge in [-0.2, -0.15) is 0 Å². The van der Waals surface area contributed by atoms with E-state index in [0.29, 0.717) is 12.8 Å². The van der Waals surface area contributed by atoms with E-state index in [0.717, 1.165) is 28.7 Å². The summed E-state index contributed by atoms with van der Waals surface area (Å²) >= 11 is 0. The summed E-state index contributed by atoms with van der Waals surface area (Å²) in [6.07, 6.45) is 0.142. The number of fused-ring (bicyclic) bond motifs is 3. The van der Waals surface area contributed by atoms with Crippen LogP contribution in [0.2, 0.25) is 0 Å². The van der Waals surface area contributed by atoms with Crippen molar-refractivity contribution in [2.24, 2.45) is 5.41 Å². The van der Waals surface area contributed by atoms with Crippen molar-refractivity contribution in [2.45, 2.75) is 51.2 Å². The second-order valence-electron chi connectivity index (χ2n) is 8.86. The second-order valence-corrected chi connectivity index (χ2v) is 8.86. The summed E-state index contributed by atoms with van der Waals surface area (Å²) in [5.74, 6) is -1.69. The van der Waals surface area contributed by atoms with E-state index in [9.17, 15) is 14.4 Å². The number of hydroxylamine groups is 1. The maximum Gasteiger partial charge on any atom is 0.407 e. The summed E-state index contributed by atoms with van der Waals surface area (Å²) in [6.45, 7) is 3.25. The van der Waals surface area contributed by atoms with Gasteiger partial charge in [0.1, 0.15) is 6.61 Å². The van der Waals surface area contributed by atoms with Crippen LogP contribution in [0.3, 0.4) is 0 Å². The Kier molecular flexibility index (Phi) is 6.37. The van der Waals surface area contributed by atoms with Gasteiger partial charge in [0, 0.05) is 12.0 Å². The molecule has 2 aliphatic carbocycles. The van der Waals surface area contributed by atoms with Crippen LogP contribution in [0.25, 0.3) is 11.1 Å². The minimum absolute atomic E-state index is 0.0488. The molecule has 2 aliphatic rings. The number of carbonyl (C=O) groups excluding carboxylic acids is 2. The number of nitrogens with one attached hydrogen (secondary N) is 2. The van der Waals surface area contributed by atoms with Gasteiger partial charge >= 0.3 is 12.1 Å². The number of ether oxygens (including phenoxy) is 1. The number of hydrogen-bond donors (Lipinski definition) is 3. The second kappa shape index (κ2) is 9.23. The quantitative estimate of drug-likeness (QED) is 0.553. The number of carboxylic acid groups (broad SMARTS) is 1. The van der Waals surface area contributed by atoms with Gasteiger partial charge in [-0.3, -0.25) is 9.63 Å². The number of rotatable bonds is 7. The highest BCUT2D eigenvalue weighted by molar-refractivity contribution is 5.84. The molecule has 0 aromatic heterocycles. The molecule has 0 bridgehead atoms. The molecule has 0 aliphatic heterocycles. The molecule has 4 rings (SSSR count). The molecule has 174 valence electrons. The predicted octanol–water partition coefficient (Wildman–Crippen LogP) is 3.60. The highest BCUT2D eigenvalue weighted by Gasteiger charge is 2.46. The van der Waals surface area contributed by atoms with E-state index in [1.165, 1.54) is 6.92 Å². The number of alkyl carbamates (subject to hydrolysis) is 1. The molecule has 2 aromatic rings. The lowest BCUT2D eigenvalue weighted by atomic mass is 9.84. The molecular weight excluding hydrogens is 424 g/mol. The first-order chi connectivity index (χ1) is 15.8. The summed E-state index contributed by atoms with van der Waals surface area (Å²) in [5.41, 5.74) is 5.86. The lowest BCUT2D eigenvalue weighted by molar-refractivity contribution is -0.162. The van der Waals surface area contributed by atoms with Gasteiger partial charge in [-0.1, -0.05) is 55.0 Å². The van der Waals surface area contributed by atoms with E-state index in [4.69, 9.17) is 14.7 Å². The summed E-state index contributed by atoms with van der Waals surface area (Å²) in [7, 11) is 0. The monoisotopic (exact) mass is 452 g/mol. The molecule has 33 heavy (non-hydrogen) atoms. The Labute approximate surface area is 192 Å². The van der Waals surface area contributed by atoms with Gasteiger partial charge in [-0.15, -0.1) is 0 Å². The number of benzene rings is 2. The largest absolute Gasteiger partial charge is 0.479 e. The Hall–Kier alpha value is -3.39. The van der Waals surface area contributed by atoms with E-state index in [1.54, 1.807) is 6.92 Å². The van der Waals surface area contributed by atoms with Crippen LogP contribution in [-0.2, 0) is 19.2 Å². The molecule has 3 unspecified atom stereocenters. The maximum atomic E-state index is 12.7. The molecule has 0 radical (unpaired) electrons. The summed E-state index contributed by atoms with van der Waals surface area (Å²) in [4.78, 5) is 41.2. The first-order valence-corrected chi connectivity index (χ1v) is 11.1. The van der Waals surface area contributed by atoms with Crippen LogP contribution in [-0.4, -0.2) is 41.8 Å². The van der Waals surface area contributed by atoms with E-state index < -0.39 is 35.5 Å². The molecule has 3 atom stereocenters. The van der Waals surface area contributed by atoms with E-state index >= 15 is 0 Å². The van der Waals surface area contributed by atoms with Gasteiger partial charge in [0.15, 0.2) is 6.10 Å². The predicted molar refractivity (Wildman–Crippen MR) is 120 cm³/mol. The van der Waals surface area contributed by atoms with Crippen LogP contribution in [0.4, 0.5) is 4.79 Å². The van der Waals surface area contributed by atoms with Crippen LogP contribution in [0.5, 0.6) is 0 Å². The van der Waals surface area contributed by atoms with Crippen LogP contribution in [0.15, 0.2) is 48.5 Å². The minimum atomic E-state index is -1.18. The molecule has 2 amide bonds. The van der Waals surface area contributed by atoms with E-state index in [2.05, 4.69) is 35.1 Å². The van der Waals surface area contributed by atoms with Gasteiger partial charge in [-0.05, 0) is 48.9 Å². The maximum absolute atomic E-state index is 12.7. The third kappa shape index (κ3) is 4.43. The van der Waals surface area contributed by atoms with Crippen LogP contribution < -0.4 is 10.8 Å². The fourth-order valence-corrected chi connectivity index (χ4v) is 4.76. The zero-order valence-corrected chi connectivity index (χ0v) is 18.7. The van der Waals surface area contributed by atoms with Crippen molar-refractivity contribution < 1.29 is 29.1 Å². The van der Waals surface area contributed by atoms with E-state index in [1.807, 2.05) is 24.3 Å². The van der Waals surface area contributed by atoms with Crippen LogP contribution in [0.1, 0.15) is 50.2 Å². The minimum Gasteiger partial charge on any atom is -0.479 e. The normalized spacial score (nSPS) is 22.2. The molecule has 3 N–H and O–H groups in total. The zero-order valence-electron chi connectivity index (χ0n) is 18.7. The first-order valence-electron chi connectivity index (χ1n) is 11.1. The zero-order chi connectivity index (χ0) is 23.6. The van der Waals surface area contributed by atoms with Gasteiger partial charge in [0.25, 0.3) is 5.91 Å². The molecule has 8 nitrogen and oxygen atoms in total. The Morgan fingerprint density at radius 1 is 1.09 bits per heavy atom. The molecule has 0 spiro atoms. The van der Waals surface area contributed by atoms with Crippen LogP contribution in [0, 0.1) is 5.41 Å². The highest BCUT2D eigenvalue weighted by atomic mass is 16.7. The summed E-state index contributed by atoms with van der Waals surface area (Å²) in [6, 6.07) is 15.8. The molecule has 0 heterocycles. The van der Waals surface area contributed by atoms with Gasteiger partial charge < -0.3 is 15.2 Å². The van der Waals surface area contributed by atoms with Gasteiger partial charge in [0.2, 0.25) is 0 Å². The number of amides is 2. The third-order valence-corrected chi connectivity index (χ3v) is 6.79. The van der Waals surface area contributed by atoms with Crippen LogP contribution >= 0.6 is 0 Å². The van der Waals surface area contributed by atoms with Crippen molar-refractivity contribution in [2.75, 3.05) is 6.61 Å². The Morgan fingerprint density at radius 2 is 1.70 bits per heavy atom. The fraction of sp³-hybridized carbons (Fsp3) is 0.400. The SMILES string of the molecule is CC(ONC(=O)C1(C)CCCC1NC(=O)OCC1c2ccccc2-c2ccccc21)C(=O)O. The molecule has 2 aromatic carbocycles. The molecule has 1 fully saturated rings. The van der Waals surface area contributed by atoms with Crippen molar-refractivity contribution in [3.8, 4) is 11.1 Å². The number of hydrogen-bond acceptors (Lipinski definition) is 5. The highest BCUT2D eigenvalue weighted by Crippen LogP contribution is 2.44. The van der Waals surface area contributed by atoms with Gasteiger partial charge in [0.05, 0.1) is 5.41 Å². The van der Waals surface area contributed by atoms with Crippen molar-refractivity contribution in [1.29, 1.82) is 0 Å². The van der Waals surface area contributed by atoms with Crippen molar-refractivity contribution in [3.63, 3.8) is 0 Å². The molecule has 0 saturated heterocycles. The lowest BCUT2D eigenvalue weighted by Crippen LogP contribution is -2.52. The molecular formula is C25H28N2O6. The average molecular weight is 453 g/mol. The molecule has 8 heteroatoms. The summed E-state index contributed by atoms with van der Waals surface area (Å²) in [5, 5.41) is 11.8. The topological polar surface area (TPSA) is 114 Å². The Bertz CT molecular complexity index is 1020. The third-order valence-electron chi connectivity index (χ3n) is 6.79. The smallest absolute Gasteiger partial charge is 0.407 e. The van der Waals surface area contributed by atoms with E-state index in [-0.39, 0.29) is 12.5 Å². The first kappa shape index (κ1) is 22.8. The number of carbonyl (C=O) groups is 3. The average Bonchev–Trinajstić information content (AvgIpc) is 3.34. The number of carboxylic acids is 1. The lowest BCUT2D eigenvalue weighted by Gasteiger charge is -2.30. The number of aliphatic carboxylic acids is 1. The Balaban J connectivity index is 1.38. The standard InChI is InChI=1S/C25H28N2O6/c1-15(22(28)29)33-27-23(30)25(2)13-7-12-21(25)26-24(31)32-14-20-18-10-5-3-8-16(18)17-9-4-6-11-19(17)20/h3-6,8-11,15,20-21H,7,12-14H2,1-2H3,(H,26,31)(H,27,30)(H,28,29). The molecule has 1 saturated carbocycles. The van der Waals surface area contributed by atoms with Gasteiger partial charge in [-0.25, -0.2) is 15.1 Å².